The van der Waals surface area contributed by atoms with Gasteiger partial charge in [0.05, 0.1) is 0 Å². The number of hydrogen-bond acceptors (Lipinski definition) is 4. The smallest absolute Gasteiger partial charge is 0.273 e. The lowest BCUT2D eigenvalue weighted by Crippen LogP contribution is -2.30. The molecule has 1 heterocycles. The Labute approximate surface area is 120 Å². The number of nitrogens with one attached hydrogen (secondary N) is 1. The first-order valence-electron chi connectivity index (χ1n) is 7.74. The van der Waals surface area contributed by atoms with Gasteiger partial charge in [0.15, 0.2) is 5.69 Å². The summed E-state index contributed by atoms with van der Waals surface area (Å²) in [5, 5.41) is 6.90. The fraction of sp³-hybridized carbons (Fsp3) is 0.733. The topological polar surface area (TPSA) is 58.4 Å². The van der Waals surface area contributed by atoms with Crippen LogP contribution in [0.2, 0.25) is 0 Å². The second-order valence-electron chi connectivity index (χ2n) is 5.28. The van der Waals surface area contributed by atoms with Crippen molar-refractivity contribution in [2.24, 2.45) is 0 Å². The molecular weight excluding hydrogens is 254 g/mol. The van der Waals surface area contributed by atoms with Gasteiger partial charge in [-0.25, -0.2) is 0 Å². The number of carbonyl (C=O) groups excluding carboxylic acids is 1. The Balaban J connectivity index is 1.79. The van der Waals surface area contributed by atoms with Crippen LogP contribution in [0.3, 0.4) is 0 Å². The van der Waals surface area contributed by atoms with Crippen LogP contribution in [-0.2, 0) is 12.8 Å². The maximum Gasteiger partial charge on any atom is 0.273 e. The van der Waals surface area contributed by atoms with Gasteiger partial charge in [0.1, 0.15) is 5.76 Å². The maximum absolute atomic E-state index is 12.1. The van der Waals surface area contributed by atoms with Crippen LogP contribution in [0, 0.1) is 0 Å². The average Bonchev–Trinajstić information content (AvgIpc) is 2.91. The molecule has 0 radical (unpaired) electrons. The SMILES string of the molecule is CCN(CC)CCCNC(=O)c1noc2c1CCCC2. The lowest BCUT2D eigenvalue weighted by atomic mass is 9.96. The van der Waals surface area contributed by atoms with Crippen molar-refractivity contribution in [2.75, 3.05) is 26.2 Å². The van der Waals surface area contributed by atoms with Crippen LogP contribution in [0.25, 0.3) is 0 Å². The summed E-state index contributed by atoms with van der Waals surface area (Å²) in [6.07, 6.45) is 5.05. The van der Waals surface area contributed by atoms with Crippen LogP contribution in [0.15, 0.2) is 4.52 Å². The highest BCUT2D eigenvalue weighted by atomic mass is 16.5. The fourth-order valence-corrected chi connectivity index (χ4v) is 2.69. The van der Waals surface area contributed by atoms with E-state index in [1.54, 1.807) is 0 Å². The largest absolute Gasteiger partial charge is 0.360 e. The summed E-state index contributed by atoms with van der Waals surface area (Å²) in [5.74, 6) is 0.820. The van der Waals surface area contributed by atoms with Gasteiger partial charge in [-0.3, -0.25) is 4.79 Å². The molecule has 0 aliphatic heterocycles. The van der Waals surface area contributed by atoms with Crippen LogP contribution in [0.5, 0.6) is 0 Å². The van der Waals surface area contributed by atoms with Crippen LogP contribution in [-0.4, -0.2) is 42.1 Å². The first kappa shape index (κ1) is 15.0. The number of aryl methyl sites for hydroxylation is 1. The zero-order valence-corrected chi connectivity index (χ0v) is 12.6. The highest BCUT2D eigenvalue weighted by Crippen LogP contribution is 2.23. The van der Waals surface area contributed by atoms with Gasteiger partial charge in [0.25, 0.3) is 5.91 Å². The summed E-state index contributed by atoms with van der Waals surface area (Å²) in [4.78, 5) is 14.5. The van der Waals surface area contributed by atoms with E-state index >= 15 is 0 Å². The quantitative estimate of drug-likeness (QED) is 0.776. The molecule has 1 aliphatic rings. The minimum Gasteiger partial charge on any atom is -0.360 e. The van der Waals surface area contributed by atoms with Gasteiger partial charge in [-0.15, -0.1) is 0 Å². The third-order valence-electron chi connectivity index (χ3n) is 4.00. The summed E-state index contributed by atoms with van der Waals surface area (Å²) in [5.41, 5.74) is 1.53. The molecule has 0 bridgehead atoms. The van der Waals surface area contributed by atoms with E-state index in [1.807, 2.05) is 0 Å². The van der Waals surface area contributed by atoms with Gasteiger partial charge in [-0.05, 0) is 45.3 Å². The molecule has 0 atom stereocenters. The number of hydrogen-bond donors (Lipinski definition) is 1. The summed E-state index contributed by atoms with van der Waals surface area (Å²) in [7, 11) is 0. The molecule has 0 fully saturated rings. The van der Waals surface area contributed by atoms with Crippen molar-refractivity contribution in [3.05, 3.63) is 17.0 Å². The lowest BCUT2D eigenvalue weighted by molar-refractivity contribution is 0.0942. The molecule has 1 N–H and O–H groups in total. The van der Waals surface area contributed by atoms with Gasteiger partial charge in [0, 0.05) is 18.5 Å². The monoisotopic (exact) mass is 279 g/mol. The summed E-state index contributed by atoms with van der Waals surface area (Å²) in [6, 6.07) is 0. The zero-order valence-electron chi connectivity index (χ0n) is 12.6. The Morgan fingerprint density at radius 2 is 2.05 bits per heavy atom. The van der Waals surface area contributed by atoms with Crippen molar-refractivity contribution in [3.8, 4) is 0 Å². The molecule has 5 nitrogen and oxygen atoms in total. The van der Waals surface area contributed by atoms with Gasteiger partial charge in [-0.1, -0.05) is 19.0 Å². The number of carbonyl (C=O) groups is 1. The van der Waals surface area contributed by atoms with Gasteiger partial charge in [0.2, 0.25) is 0 Å². The number of fused-ring (bicyclic) bond motifs is 1. The molecule has 1 amide bonds. The predicted molar refractivity (Wildman–Crippen MR) is 77.9 cm³/mol. The number of rotatable bonds is 7. The Morgan fingerprint density at radius 3 is 2.80 bits per heavy atom. The van der Waals surface area contributed by atoms with E-state index in [9.17, 15) is 4.79 Å². The molecule has 20 heavy (non-hydrogen) atoms. The number of nitrogens with zero attached hydrogens (tertiary/aromatic N) is 2. The first-order chi connectivity index (χ1) is 9.76. The molecule has 1 aromatic rings. The molecule has 1 aliphatic carbocycles. The molecule has 0 aromatic carbocycles. The normalized spacial score (nSPS) is 14.3. The third kappa shape index (κ3) is 3.60. The van der Waals surface area contributed by atoms with Crippen molar-refractivity contribution < 1.29 is 9.32 Å². The summed E-state index contributed by atoms with van der Waals surface area (Å²) in [6.45, 7) is 8.14. The van der Waals surface area contributed by atoms with Gasteiger partial charge >= 0.3 is 0 Å². The van der Waals surface area contributed by atoms with E-state index in [0.717, 1.165) is 63.1 Å². The number of aromatic nitrogens is 1. The van der Waals surface area contributed by atoms with Crippen molar-refractivity contribution >= 4 is 5.91 Å². The van der Waals surface area contributed by atoms with Crippen LogP contribution in [0.4, 0.5) is 0 Å². The Hall–Kier alpha value is -1.36. The standard InChI is InChI=1S/C15H25N3O2/c1-3-18(4-2)11-7-10-16-15(19)14-12-8-5-6-9-13(12)20-17-14/h3-11H2,1-2H3,(H,16,19). The molecular formula is C15H25N3O2. The third-order valence-corrected chi connectivity index (χ3v) is 4.00. The predicted octanol–water partition coefficient (Wildman–Crippen LogP) is 2.02. The van der Waals surface area contributed by atoms with E-state index in [0.29, 0.717) is 12.2 Å². The van der Waals surface area contributed by atoms with E-state index in [1.165, 1.54) is 0 Å². The van der Waals surface area contributed by atoms with E-state index in [4.69, 9.17) is 4.52 Å². The fourth-order valence-electron chi connectivity index (χ4n) is 2.69. The molecule has 2 rings (SSSR count). The molecule has 112 valence electrons. The van der Waals surface area contributed by atoms with Crippen molar-refractivity contribution in [1.29, 1.82) is 0 Å². The highest BCUT2D eigenvalue weighted by Gasteiger charge is 2.23. The summed E-state index contributed by atoms with van der Waals surface area (Å²) >= 11 is 0. The van der Waals surface area contributed by atoms with E-state index < -0.39 is 0 Å². The van der Waals surface area contributed by atoms with Crippen LogP contribution < -0.4 is 5.32 Å². The molecule has 1 aromatic heterocycles. The van der Waals surface area contributed by atoms with Crippen molar-refractivity contribution in [2.45, 2.75) is 46.0 Å². The van der Waals surface area contributed by atoms with Gasteiger partial charge < -0.3 is 14.7 Å². The zero-order chi connectivity index (χ0) is 14.4. The molecule has 5 heteroatoms. The lowest BCUT2D eigenvalue weighted by Gasteiger charge is -2.17. The Bertz CT molecular complexity index is 438. The molecule has 0 saturated carbocycles. The van der Waals surface area contributed by atoms with Crippen LogP contribution >= 0.6 is 0 Å². The first-order valence-corrected chi connectivity index (χ1v) is 7.74. The second-order valence-corrected chi connectivity index (χ2v) is 5.28. The van der Waals surface area contributed by atoms with Gasteiger partial charge in [-0.2, -0.15) is 0 Å². The second kappa shape index (κ2) is 7.43. The molecule has 0 spiro atoms. The average molecular weight is 279 g/mol. The number of amides is 1. The summed E-state index contributed by atoms with van der Waals surface area (Å²) < 4.78 is 5.27. The molecule has 0 saturated heterocycles. The molecule has 0 unspecified atom stereocenters. The van der Waals surface area contributed by atoms with E-state index in [-0.39, 0.29) is 5.91 Å². The van der Waals surface area contributed by atoms with Crippen molar-refractivity contribution in [1.82, 2.24) is 15.4 Å². The minimum absolute atomic E-state index is 0.0866. The maximum atomic E-state index is 12.1. The Kier molecular flexibility index (Phi) is 5.59. The highest BCUT2D eigenvalue weighted by molar-refractivity contribution is 5.93. The van der Waals surface area contributed by atoms with E-state index in [2.05, 4.69) is 29.2 Å². The van der Waals surface area contributed by atoms with Crippen molar-refractivity contribution in [3.63, 3.8) is 0 Å². The minimum atomic E-state index is -0.0866. The Morgan fingerprint density at radius 1 is 1.30 bits per heavy atom. The van der Waals surface area contributed by atoms with Crippen LogP contribution in [0.1, 0.15) is 54.9 Å².